The number of hydrogen-bond acceptors (Lipinski definition) is 3. The van der Waals surface area contributed by atoms with Gasteiger partial charge in [0.1, 0.15) is 5.75 Å². The SMILES string of the molecule is COc1ccc(CCNCCS)cc1Cl. The van der Waals surface area contributed by atoms with Crippen LogP contribution in [0.15, 0.2) is 18.2 Å². The van der Waals surface area contributed by atoms with E-state index >= 15 is 0 Å². The van der Waals surface area contributed by atoms with Crippen molar-refractivity contribution in [1.29, 1.82) is 0 Å². The third-order valence-corrected chi connectivity index (χ3v) is 2.61. The zero-order valence-corrected chi connectivity index (χ0v) is 10.4. The smallest absolute Gasteiger partial charge is 0.137 e. The highest BCUT2D eigenvalue weighted by Crippen LogP contribution is 2.24. The van der Waals surface area contributed by atoms with Crippen molar-refractivity contribution in [3.05, 3.63) is 28.8 Å². The number of methoxy groups -OCH3 is 1. The number of nitrogens with one attached hydrogen (secondary N) is 1. The van der Waals surface area contributed by atoms with Crippen LogP contribution in [0.3, 0.4) is 0 Å². The largest absolute Gasteiger partial charge is 0.495 e. The van der Waals surface area contributed by atoms with Crippen LogP contribution in [0, 0.1) is 0 Å². The van der Waals surface area contributed by atoms with Gasteiger partial charge in [0.25, 0.3) is 0 Å². The molecule has 0 saturated carbocycles. The molecule has 84 valence electrons. The second kappa shape index (κ2) is 6.99. The van der Waals surface area contributed by atoms with Crippen LogP contribution in [0.2, 0.25) is 5.02 Å². The van der Waals surface area contributed by atoms with Crippen LogP contribution in [0.1, 0.15) is 5.56 Å². The number of halogens is 1. The summed E-state index contributed by atoms with van der Waals surface area (Å²) in [6, 6.07) is 5.88. The van der Waals surface area contributed by atoms with Crippen LogP contribution in [-0.2, 0) is 6.42 Å². The minimum absolute atomic E-state index is 0.671. The zero-order chi connectivity index (χ0) is 11.1. The summed E-state index contributed by atoms with van der Waals surface area (Å²) in [7, 11) is 1.62. The van der Waals surface area contributed by atoms with E-state index in [9.17, 15) is 0 Å². The standard InChI is InChI=1S/C11H16ClNOS/c1-14-11-3-2-9(8-10(11)12)4-5-13-6-7-15/h2-3,8,13,15H,4-7H2,1H3. The van der Waals surface area contributed by atoms with E-state index in [1.165, 1.54) is 5.56 Å². The van der Waals surface area contributed by atoms with Gasteiger partial charge in [-0.3, -0.25) is 0 Å². The van der Waals surface area contributed by atoms with E-state index < -0.39 is 0 Å². The second-order valence-corrected chi connectivity index (χ2v) is 4.05. The summed E-state index contributed by atoms with van der Waals surface area (Å²) in [5.74, 6) is 1.59. The molecule has 1 rings (SSSR count). The molecule has 0 amide bonds. The van der Waals surface area contributed by atoms with Crippen LogP contribution in [0.5, 0.6) is 5.75 Å². The Labute approximate surface area is 101 Å². The van der Waals surface area contributed by atoms with Crippen molar-refractivity contribution in [2.45, 2.75) is 6.42 Å². The fraction of sp³-hybridized carbons (Fsp3) is 0.455. The van der Waals surface area contributed by atoms with Crippen molar-refractivity contribution in [2.24, 2.45) is 0 Å². The van der Waals surface area contributed by atoms with E-state index in [0.29, 0.717) is 5.02 Å². The molecule has 0 aliphatic heterocycles. The Morgan fingerprint density at radius 2 is 2.20 bits per heavy atom. The quantitative estimate of drug-likeness (QED) is 0.593. The molecular formula is C11H16ClNOS. The van der Waals surface area contributed by atoms with Crippen molar-refractivity contribution in [3.8, 4) is 5.75 Å². The molecule has 1 aromatic carbocycles. The average molecular weight is 246 g/mol. The lowest BCUT2D eigenvalue weighted by molar-refractivity contribution is 0.415. The summed E-state index contributed by atoms with van der Waals surface area (Å²) < 4.78 is 5.09. The molecule has 0 unspecified atom stereocenters. The summed E-state index contributed by atoms with van der Waals surface area (Å²) in [6.45, 7) is 1.89. The molecule has 1 aromatic rings. The van der Waals surface area contributed by atoms with Crippen molar-refractivity contribution in [1.82, 2.24) is 5.32 Å². The van der Waals surface area contributed by atoms with Crippen LogP contribution in [0.4, 0.5) is 0 Å². The maximum atomic E-state index is 6.01. The van der Waals surface area contributed by atoms with Gasteiger partial charge in [-0.15, -0.1) is 0 Å². The van der Waals surface area contributed by atoms with Crippen LogP contribution < -0.4 is 10.1 Å². The predicted octanol–water partition coefficient (Wildman–Crippen LogP) is 2.41. The monoisotopic (exact) mass is 245 g/mol. The number of rotatable bonds is 6. The van der Waals surface area contributed by atoms with Gasteiger partial charge >= 0.3 is 0 Å². The van der Waals surface area contributed by atoms with Crippen LogP contribution in [0.25, 0.3) is 0 Å². The van der Waals surface area contributed by atoms with Gasteiger partial charge in [-0.2, -0.15) is 12.6 Å². The van der Waals surface area contributed by atoms with Crippen molar-refractivity contribution < 1.29 is 4.74 Å². The van der Waals surface area contributed by atoms with E-state index in [4.69, 9.17) is 16.3 Å². The topological polar surface area (TPSA) is 21.3 Å². The van der Waals surface area contributed by atoms with E-state index in [1.54, 1.807) is 7.11 Å². The Morgan fingerprint density at radius 1 is 1.40 bits per heavy atom. The summed E-state index contributed by atoms with van der Waals surface area (Å²) in [5.41, 5.74) is 1.22. The van der Waals surface area contributed by atoms with E-state index in [-0.39, 0.29) is 0 Å². The second-order valence-electron chi connectivity index (χ2n) is 3.19. The molecular weight excluding hydrogens is 230 g/mol. The Kier molecular flexibility index (Phi) is 5.91. The number of benzene rings is 1. The molecule has 4 heteroatoms. The molecule has 0 aliphatic carbocycles. The molecule has 0 heterocycles. The zero-order valence-electron chi connectivity index (χ0n) is 8.79. The van der Waals surface area contributed by atoms with Crippen LogP contribution >= 0.6 is 24.2 Å². The minimum atomic E-state index is 0.671. The van der Waals surface area contributed by atoms with Gasteiger partial charge in [0.2, 0.25) is 0 Å². The molecule has 0 fully saturated rings. The van der Waals surface area contributed by atoms with Gasteiger partial charge in [-0.25, -0.2) is 0 Å². The lowest BCUT2D eigenvalue weighted by Crippen LogP contribution is -2.19. The summed E-state index contributed by atoms with van der Waals surface area (Å²) in [5, 5.41) is 3.95. The molecule has 0 aromatic heterocycles. The molecule has 0 saturated heterocycles. The molecule has 0 spiro atoms. The molecule has 2 nitrogen and oxygen atoms in total. The Morgan fingerprint density at radius 3 is 2.80 bits per heavy atom. The third kappa shape index (κ3) is 4.33. The Hall–Kier alpha value is -0.380. The maximum Gasteiger partial charge on any atom is 0.137 e. The lowest BCUT2D eigenvalue weighted by atomic mass is 10.1. The normalized spacial score (nSPS) is 10.3. The lowest BCUT2D eigenvalue weighted by Gasteiger charge is -2.06. The minimum Gasteiger partial charge on any atom is -0.495 e. The van der Waals surface area contributed by atoms with E-state index in [1.807, 2.05) is 18.2 Å². The fourth-order valence-corrected chi connectivity index (χ4v) is 1.74. The first kappa shape index (κ1) is 12.7. The molecule has 15 heavy (non-hydrogen) atoms. The third-order valence-electron chi connectivity index (χ3n) is 2.10. The number of hydrogen-bond donors (Lipinski definition) is 2. The summed E-state index contributed by atoms with van der Waals surface area (Å²) in [6.07, 6.45) is 0.970. The molecule has 0 radical (unpaired) electrons. The van der Waals surface area contributed by atoms with E-state index in [2.05, 4.69) is 17.9 Å². The van der Waals surface area contributed by atoms with Crippen molar-refractivity contribution in [2.75, 3.05) is 26.0 Å². The van der Waals surface area contributed by atoms with Crippen molar-refractivity contribution >= 4 is 24.2 Å². The summed E-state index contributed by atoms with van der Waals surface area (Å²) in [4.78, 5) is 0. The highest BCUT2D eigenvalue weighted by molar-refractivity contribution is 7.80. The van der Waals surface area contributed by atoms with Gasteiger partial charge in [0.15, 0.2) is 0 Å². The van der Waals surface area contributed by atoms with Gasteiger partial charge in [-0.05, 0) is 30.7 Å². The number of ether oxygens (including phenoxy) is 1. The molecule has 0 atom stereocenters. The maximum absolute atomic E-state index is 6.01. The molecule has 0 aliphatic rings. The number of thiol groups is 1. The van der Waals surface area contributed by atoms with Crippen molar-refractivity contribution in [3.63, 3.8) is 0 Å². The fourth-order valence-electron chi connectivity index (χ4n) is 1.30. The van der Waals surface area contributed by atoms with Gasteiger partial charge in [-0.1, -0.05) is 17.7 Å². The first-order valence-electron chi connectivity index (χ1n) is 4.92. The average Bonchev–Trinajstić information content (AvgIpc) is 2.25. The first-order chi connectivity index (χ1) is 7.27. The van der Waals surface area contributed by atoms with Gasteiger partial charge in [0.05, 0.1) is 12.1 Å². The molecule has 1 N–H and O–H groups in total. The van der Waals surface area contributed by atoms with Gasteiger partial charge in [0, 0.05) is 12.3 Å². The first-order valence-corrected chi connectivity index (χ1v) is 5.93. The van der Waals surface area contributed by atoms with Gasteiger partial charge < -0.3 is 10.1 Å². The summed E-state index contributed by atoms with van der Waals surface area (Å²) >= 11 is 10.1. The highest BCUT2D eigenvalue weighted by Gasteiger charge is 2.01. The van der Waals surface area contributed by atoms with Crippen LogP contribution in [-0.4, -0.2) is 26.0 Å². The van der Waals surface area contributed by atoms with E-state index in [0.717, 1.165) is 31.0 Å². The Bertz CT molecular complexity index is 307. The molecule has 0 bridgehead atoms. The predicted molar refractivity (Wildman–Crippen MR) is 68.4 cm³/mol. The highest BCUT2D eigenvalue weighted by atomic mass is 35.5. The Balaban J connectivity index is 2.45.